The van der Waals surface area contributed by atoms with Crippen molar-refractivity contribution in [1.82, 2.24) is 4.57 Å². The zero-order valence-corrected chi connectivity index (χ0v) is 14.4. The van der Waals surface area contributed by atoms with Crippen molar-refractivity contribution < 1.29 is 9.90 Å². The Morgan fingerprint density at radius 2 is 2.00 bits per heavy atom. The molecule has 0 atom stereocenters. The number of carbonyl (C=O) groups is 1. The molecule has 1 aliphatic rings. The maximum absolute atomic E-state index is 12.8. The van der Waals surface area contributed by atoms with Crippen molar-refractivity contribution in [2.45, 2.75) is 31.7 Å². The first-order valence-electron chi connectivity index (χ1n) is 7.71. The van der Waals surface area contributed by atoms with Gasteiger partial charge >= 0.3 is 0 Å². The summed E-state index contributed by atoms with van der Waals surface area (Å²) in [6.07, 6.45) is 5.31. The van der Waals surface area contributed by atoms with Gasteiger partial charge < -0.3 is 9.67 Å². The third kappa shape index (κ3) is 3.00. The molecule has 1 fully saturated rings. The van der Waals surface area contributed by atoms with Gasteiger partial charge in [-0.15, -0.1) is 0 Å². The van der Waals surface area contributed by atoms with Crippen LogP contribution in [-0.2, 0) is 0 Å². The van der Waals surface area contributed by atoms with Crippen LogP contribution in [0.5, 0.6) is 5.75 Å². The van der Waals surface area contributed by atoms with E-state index in [0.29, 0.717) is 4.47 Å². The predicted molar refractivity (Wildman–Crippen MR) is 92.2 cm³/mol. The van der Waals surface area contributed by atoms with Crippen LogP contribution in [-0.4, -0.2) is 15.5 Å². The van der Waals surface area contributed by atoms with E-state index in [9.17, 15) is 20.0 Å². The summed E-state index contributed by atoms with van der Waals surface area (Å²) in [5.41, 5.74) is -0.0574. The molecule has 0 amide bonds. The van der Waals surface area contributed by atoms with Crippen molar-refractivity contribution in [3.8, 4) is 11.8 Å². The molecule has 0 saturated heterocycles. The fraction of sp³-hybridized carbons (Fsp3) is 0.278. The zero-order chi connectivity index (χ0) is 17.3. The van der Waals surface area contributed by atoms with Gasteiger partial charge in [0, 0.05) is 22.3 Å². The summed E-state index contributed by atoms with van der Waals surface area (Å²) < 4.78 is 2.17. The highest BCUT2D eigenvalue weighted by Crippen LogP contribution is 2.29. The van der Waals surface area contributed by atoms with E-state index in [1.165, 1.54) is 29.0 Å². The van der Waals surface area contributed by atoms with E-state index in [4.69, 9.17) is 0 Å². The molecule has 0 unspecified atom stereocenters. The minimum absolute atomic E-state index is 0.0217. The molecule has 1 heterocycles. The number of phenols is 1. The van der Waals surface area contributed by atoms with E-state index in [0.717, 1.165) is 25.7 Å². The van der Waals surface area contributed by atoms with Gasteiger partial charge in [-0.25, -0.2) is 0 Å². The summed E-state index contributed by atoms with van der Waals surface area (Å²) in [5.74, 6) is -0.558. The lowest BCUT2D eigenvalue weighted by atomic mass is 10.0. The van der Waals surface area contributed by atoms with Crippen LogP contribution in [0.4, 0.5) is 0 Å². The number of nitrogens with zero attached hydrogens (tertiary/aromatic N) is 2. The van der Waals surface area contributed by atoms with E-state index in [2.05, 4.69) is 15.9 Å². The first-order valence-corrected chi connectivity index (χ1v) is 8.50. The summed E-state index contributed by atoms with van der Waals surface area (Å²) in [7, 11) is 0. The summed E-state index contributed by atoms with van der Waals surface area (Å²) >= 11 is 3.27. The lowest BCUT2D eigenvalue weighted by Gasteiger charge is -2.15. The summed E-state index contributed by atoms with van der Waals surface area (Å²) in [6.45, 7) is 0. The third-order valence-corrected chi connectivity index (χ3v) is 4.84. The molecule has 0 bridgehead atoms. The van der Waals surface area contributed by atoms with E-state index >= 15 is 0 Å². The largest absolute Gasteiger partial charge is 0.507 e. The number of phenolic OH excluding ortho intramolecular Hbond substituents is 1. The Bertz CT molecular complexity index is 905. The number of benzene rings is 1. The van der Waals surface area contributed by atoms with Crippen molar-refractivity contribution in [3.05, 3.63) is 62.0 Å². The van der Waals surface area contributed by atoms with E-state index < -0.39 is 5.78 Å². The predicted octanol–water partition coefficient (Wildman–Crippen LogP) is 3.53. The van der Waals surface area contributed by atoms with Crippen LogP contribution in [0.1, 0.15) is 53.2 Å². The second-order valence-corrected chi connectivity index (χ2v) is 6.81. The minimum Gasteiger partial charge on any atom is -0.507 e. The Kier molecular flexibility index (Phi) is 4.54. The van der Waals surface area contributed by atoms with Crippen LogP contribution >= 0.6 is 15.9 Å². The maximum Gasteiger partial charge on any atom is 0.268 e. The molecule has 3 rings (SSSR count). The normalized spacial score (nSPS) is 14.5. The number of carbonyl (C=O) groups excluding carboxylic acids is 1. The summed E-state index contributed by atoms with van der Waals surface area (Å²) in [4.78, 5) is 25.2. The molecule has 1 aromatic heterocycles. The molecule has 1 aromatic carbocycles. The topological polar surface area (TPSA) is 83.1 Å². The van der Waals surface area contributed by atoms with Crippen molar-refractivity contribution in [2.24, 2.45) is 0 Å². The molecular weight excluding hydrogens is 372 g/mol. The van der Waals surface area contributed by atoms with Crippen molar-refractivity contribution >= 4 is 21.7 Å². The number of nitriles is 1. The molecule has 6 heteroatoms. The van der Waals surface area contributed by atoms with Gasteiger partial charge in [-0.2, -0.15) is 5.26 Å². The monoisotopic (exact) mass is 386 g/mol. The number of aromatic nitrogens is 1. The average Bonchev–Trinajstić information content (AvgIpc) is 3.11. The van der Waals surface area contributed by atoms with Crippen LogP contribution in [0.2, 0.25) is 0 Å². The molecule has 2 aromatic rings. The Labute approximate surface area is 147 Å². The van der Waals surface area contributed by atoms with Crippen LogP contribution in [0.15, 0.2) is 39.7 Å². The molecule has 5 nitrogen and oxygen atoms in total. The molecule has 1 N–H and O–H groups in total. The molecule has 0 radical (unpaired) electrons. The number of aromatic hydroxyl groups is 1. The second-order valence-electron chi connectivity index (χ2n) is 5.90. The minimum atomic E-state index is -0.419. The molecule has 1 aliphatic carbocycles. The van der Waals surface area contributed by atoms with Crippen molar-refractivity contribution in [2.75, 3.05) is 0 Å². The quantitative estimate of drug-likeness (QED) is 0.817. The van der Waals surface area contributed by atoms with Gasteiger partial charge in [-0.3, -0.25) is 9.59 Å². The molecule has 0 spiro atoms. The Balaban J connectivity index is 2.12. The Hall–Kier alpha value is -2.39. The third-order valence-electron chi connectivity index (χ3n) is 4.35. The van der Waals surface area contributed by atoms with Crippen molar-refractivity contribution in [3.63, 3.8) is 0 Å². The number of pyridine rings is 1. The number of hydrogen-bond acceptors (Lipinski definition) is 4. The van der Waals surface area contributed by atoms with Gasteiger partial charge in [0.25, 0.3) is 5.56 Å². The van der Waals surface area contributed by atoms with Gasteiger partial charge in [-0.05, 0) is 37.1 Å². The average molecular weight is 387 g/mol. The molecule has 0 aliphatic heterocycles. The van der Waals surface area contributed by atoms with E-state index in [1.54, 1.807) is 6.07 Å². The highest BCUT2D eigenvalue weighted by Gasteiger charge is 2.22. The van der Waals surface area contributed by atoms with Crippen LogP contribution in [0.25, 0.3) is 0 Å². The highest BCUT2D eigenvalue weighted by molar-refractivity contribution is 9.10. The Morgan fingerprint density at radius 3 is 2.67 bits per heavy atom. The SMILES string of the molecule is N#Cc1cc(C(=O)c2cc(Br)ccc2O)cn(C2CCCC2)c1=O. The van der Waals surface area contributed by atoms with Gasteiger partial charge in [0.1, 0.15) is 17.4 Å². The molecule has 1 saturated carbocycles. The van der Waals surface area contributed by atoms with Crippen LogP contribution < -0.4 is 5.56 Å². The first kappa shape index (κ1) is 16.5. The standard InChI is InChI=1S/C18H15BrN2O3/c19-13-5-6-16(22)15(8-13)17(23)12-7-11(9-20)18(24)21(10-12)14-3-1-2-4-14/h5-8,10,14,22H,1-4H2. The van der Waals surface area contributed by atoms with Gasteiger partial charge in [-0.1, -0.05) is 28.8 Å². The number of ketones is 1. The molecular formula is C18H15BrN2O3. The van der Waals surface area contributed by atoms with E-state index in [1.807, 2.05) is 6.07 Å². The fourth-order valence-electron chi connectivity index (χ4n) is 3.11. The summed E-state index contributed by atoms with van der Waals surface area (Å²) in [5, 5.41) is 19.2. The van der Waals surface area contributed by atoms with Gasteiger partial charge in [0.15, 0.2) is 5.78 Å². The number of hydrogen-bond donors (Lipinski definition) is 1. The van der Waals surface area contributed by atoms with E-state index in [-0.39, 0.29) is 34.0 Å². The zero-order valence-electron chi connectivity index (χ0n) is 12.8. The number of rotatable bonds is 3. The number of halogens is 1. The lowest BCUT2D eigenvalue weighted by molar-refractivity contribution is 0.103. The maximum atomic E-state index is 12.8. The van der Waals surface area contributed by atoms with Crippen LogP contribution in [0.3, 0.4) is 0 Å². The molecule has 24 heavy (non-hydrogen) atoms. The highest BCUT2D eigenvalue weighted by atomic mass is 79.9. The second kappa shape index (κ2) is 6.62. The smallest absolute Gasteiger partial charge is 0.268 e. The lowest BCUT2D eigenvalue weighted by Crippen LogP contribution is -2.26. The van der Waals surface area contributed by atoms with Crippen LogP contribution in [0, 0.1) is 11.3 Å². The van der Waals surface area contributed by atoms with Gasteiger partial charge in [0.05, 0.1) is 5.56 Å². The summed E-state index contributed by atoms with van der Waals surface area (Å²) in [6, 6.07) is 7.78. The van der Waals surface area contributed by atoms with Gasteiger partial charge in [0.2, 0.25) is 0 Å². The fourth-order valence-corrected chi connectivity index (χ4v) is 3.47. The van der Waals surface area contributed by atoms with Crippen molar-refractivity contribution in [1.29, 1.82) is 5.26 Å². The Morgan fingerprint density at radius 1 is 1.29 bits per heavy atom. The first-order chi connectivity index (χ1) is 11.5. The molecule has 122 valence electrons.